The van der Waals surface area contributed by atoms with Gasteiger partial charge in [-0.3, -0.25) is 14.3 Å². The summed E-state index contributed by atoms with van der Waals surface area (Å²) in [4.78, 5) is 21.2. The van der Waals surface area contributed by atoms with Crippen molar-refractivity contribution in [3.8, 4) is 0 Å². The molecule has 0 spiro atoms. The highest BCUT2D eigenvalue weighted by Crippen LogP contribution is 2.32. The normalized spacial score (nSPS) is 17.0. The predicted molar refractivity (Wildman–Crippen MR) is 130 cm³/mol. The lowest BCUT2D eigenvalue weighted by Gasteiger charge is -2.36. The van der Waals surface area contributed by atoms with Crippen molar-refractivity contribution in [3.63, 3.8) is 0 Å². The van der Waals surface area contributed by atoms with Crippen molar-refractivity contribution in [2.45, 2.75) is 38.4 Å². The maximum Gasteiger partial charge on any atom is 0.261 e. The Hall–Kier alpha value is -2.95. The lowest BCUT2D eigenvalue weighted by atomic mass is 9.99. The minimum Gasteiger partial charge on any atom is -0.290 e. The van der Waals surface area contributed by atoms with Gasteiger partial charge in [-0.1, -0.05) is 78.7 Å². The first kappa shape index (κ1) is 20.9. The predicted octanol–water partition coefficient (Wildman–Crippen LogP) is 5.83. The van der Waals surface area contributed by atoms with Gasteiger partial charge in [0.15, 0.2) is 0 Å². The van der Waals surface area contributed by atoms with E-state index in [4.69, 9.17) is 16.6 Å². The van der Waals surface area contributed by atoms with Crippen LogP contribution in [0.15, 0.2) is 83.7 Å². The van der Waals surface area contributed by atoms with Gasteiger partial charge >= 0.3 is 0 Å². The Morgan fingerprint density at radius 3 is 2.28 bits per heavy atom. The molecule has 0 saturated carbocycles. The van der Waals surface area contributed by atoms with E-state index in [1.165, 1.54) is 5.56 Å². The molecular formula is C27H26ClN3O. The first-order valence-corrected chi connectivity index (χ1v) is 11.6. The molecule has 4 aromatic rings. The van der Waals surface area contributed by atoms with E-state index in [1.54, 1.807) is 18.2 Å². The lowest BCUT2D eigenvalue weighted by molar-refractivity contribution is 0.130. The van der Waals surface area contributed by atoms with Crippen LogP contribution in [0, 0.1) is 0 Å². The summed E-state index contributed by atoms with van der Waals surface area (Å²) in [6, 6.07) is 26.1. The number of nitrogens with zero attached hydrogens (tertiary/aromatic N) is 3. The molecule has 0 radical (unpaired) electrons. The van der Waals surface area contributed by atoms with E-state index < -0.39 is 0 Å². The molecule has 5 rings (SSSR count). The Morgan fingerprint density at radius 2 is 1.56 bits per heavy atom. The van der Waals surface area contributed by atoms with Crippen LogP contribution in [0.2, 0.25) is 5.02 Å². The molecule has 1 saturated heterocycles. The highest BCUT2D eigenvalue weighted by molar-refractivity contribution is 6.31. The monoisotopic (exact) mass is 443 g/mol. The maximum absolute atomic E-state index is 13.6. The van der Waals surface area contributed by atoms with Gasteiger partial charge < -0.3 is 0 Å². The SMILES string of the molecule is O=c1c2ccc(Cl)cc2nc(C2CCCCN2Cc2ccccc2)n1Cc1ccccc1. The quantitative estimate of drug-likeness (QED) is 0.389. The minimum absolute atomic E-state index is 0.00393. The Balaban J connectivity index is 1.63. The van der Waals surface area contributed by atoms with Crippen molar-refractivity contribution >= 4 is 22.5 Å². The summed E-state index contributed by atoms with van der Waals surface area (Å²) in [7, 11) is 0. The third-order valence-electron chi connectivity index (χ3n) is 6.27. The average Bonchev–Trinajstić information content (AvgIpc) is 2.82. The standard InChI is InChI=1S/C27H26ClN3O/c28-22-14-15-23-24(17-22)29-26(31(27(23)32)19-21-11-5-2-6-12-21)25-13-7-8-16-30(25)18-20-9-3-1-4-10-20/h1-6,9-12,14-15,17,25H,7-8,13,16,18-19H2. The van der Waals surface area contributed by atoms with E-state index in [0.717, 1.165) is 43.7 Å². The summed E-state index contributed by atoms with van der Waals surface area (Å²) in [6.45, 7) is 2.35. The van der Waals surface area contributed by atoms with Crippen molar-refractivity contribution in [2.75, 3.05) is 6.54 Å². The molecule has 1 atom stereocenters. The molecule has 1 aliphatic heterocycles. The van der Waals surface area contributed by atoms with Gasteiger partial charge in [-0.05, 0) is 48.7 Å². The van der Waals surface area contributed by atoms with Crippen molar-refractivity contribution in [2.24, 2.45) is 0 Å². The van der Waals surface area contributed by atoms with E-state index >= 15 is 0 Å². The fraction of sp³-hybridized carbons (Fsp3) is 0.259. The molecule has 1 fully saturated rings. The summed E-state index contributed by atoms with van der Waals surface area (Å²) < 4.78 is 1.87. The third kappa shape index (κ3) is 4.34. The van der Waals surface area contributed by atoms with Gasteiger partial charge in [0.05, 0.1) is 23.5 Å². The highest BCUT2D eigenvalue weighted by atomic mass is 35.5. The molecule has 3 aromatic carbocycles. The second kappa shape index (κ2) is 9.27. The number of fused-ring (bicyclic) bond motifs is 1. The summed E-state index contributed by atoms with van der Waals surface area (Å²) in [5.74, 6) is 0.837. The number of piperidine rings is 1. The van der Waals surface area contributed by atoms with Gasteiger partial charge in [-0.2, -0.15) is 0 Å². The molecule has 5 heteroatoms. The van der Waals surface area contributed by atoms with Gasteiger partial charge in [0, 0.05) is 11.6 Å². The number of hydrogen-bond acceptors (Lipinski definition) is 3. The molecular weight excluding hydrogens is 418 g/mol. The molecule has 1 aromatic heterocycles. The largest absolute Gasteiger partial charge is 0.290 e. The van der Waals surface area contributed by atoms with Crippen molar-refractivity contribution in [1.82, 2.24) is 14.5 Å². The summed E-state index contributed by atoms with van der Waals surface area (Å²) in [6.07, 6.45) is 3.27. The van der Waals surface area contributed by atoms with Crippen LogP contribution in [0.25, 0.3) is 10.9 Å². The van der Waals surface area contributed by atoms with Gasteiger partial charge in [0.1, 0.15) is 5.82 Å². The molecule has 162 valence electrons. The van der Waals surface area contributed by atoms with Crippen LogP contribution in [-0.4, -0.2) is 21.0 Å². The molecule has 2 heterocycles. The van der Waals surface area contributed by atoms with Crippen LogP contribution in [0.5, 0.6) is 0 Å². The summed E-state index contributed by atoms with van der Waals surface area (Å²) in [5, 5.41) is 1.21. The Kier molecular flexibility index (Phi) is 6.06. The molecule has 1 aliphatic rings. The Bertz CT molecular complexity index is 1270. The topological polar surface area (TPSA) is 38.1 Å². The van der Waals surface area contributed by atoms with Gasteiger partial charge in [-0.15, -0.1) is 0 Å². The van der Waals surface area contributed by atoms with E-state index in [-0.39, 0.29) is 11.6 Å². The van der Waals surface area contributed by atoms with Crippen LogP contribution < -0.4 is 5.56 Å². The average molecular weight is 444 g/mol. The first-order chi connectivity index (χ1) is 15.7. The van der Waals surface area contributed by atoms with Crippen molar-refractivity contribution < 1.29 is 0 Å². The van der Waals surface area contributed by atoms with Crippen LogP contribution in [-0.2, 0) is 13.1 Å². The fourth-order valence-electron chi connectivity index (χ4n) is 4.68. The Morgan fingerprint density at radius 1 is 0.875 bits per heavy atom. The molecule has 1 unspecified atom stereocenters. The molecule has 32 heavy (non-hydrogen) atoms. The zero-order chi connectivity index (χ0) is 21.9. The highest BCUT2D eigenvalue weighted by Gasteiger charge is 2.29. The molecule has 0 aliphatic carbocycles. The van der Waals surface area contributed by atoms with Crippen molar-refractivity contribution in [1.29, 1.82) is 0 Å². The van der Waals surface area contributed by atoms with Gasteiger partial charge in [0.2, 0.25) is 0 Å². The lowest BCUT2D eigenvalue weighted by Crippen LogP contribution is -2.38. The van der Waals surface area contributed by atoms with Crippen LogP contribution in [0.1, 0.15) is 42.3 Å². The number of rotatable bonds is 5. The van der Waals surface area contributed by atoms with E-state index in [1.807, 2.05) is 28.8 Å². The fourth-order valence-corrected chi connectivity index (χ4v) is 4.84. The Labute approximate surface area is 193 Å². The first-order valence-electron chi connectivity index (χ1n) is 11.2. The number of benzene rings is 3. The molecule has 0 amide bonds. The second-order valence-corrected chi connectivity index (χ2v) is 8.91. The van der Waals surface area contributed by atoms with E-state index in [0.29, 0.717) is 22.5 Å². The zero-order valence-corrected chi connectivity index (χ0v) is 18.7. The summed E-state index contributed by atoms with van der Waals surface area (Å²) in [5.41, 5.74) is 3.04. The zero-order valence-electron chi connectivity index (χ0n) is 18.0. The molecule has 0 bridgehead atoms. The van der Waals surface area contributed by atoms with E-state index in [9.17, 15) is 4.79 Å². The number of aromatic nitrogens is 2. The molecule has 0 N–H and O–H groups in total. The minimum atomic E-state index is -0.00393. The van der Waals surface area contributed by atoms with Crippen molar-refractivity contribution in [3.05, 3.63) is 111 Å². The van der Waals surface area contributed by atoms with E-state index in [2.05, 4.69) is 41.3 Å². The van der Waals surface area contributed by atoms with Crippen LogP contribution >= 0.6 is 11.6 Å². The van der Waals surface area contributed by atoms with Crippen LogP contribution in [0.3, 0.4) is 0 Å². The number of halogens is 1. The number of likely N-dealkylation sites (tertiary alicyclic amines) is 1. The van der Waals surface area contributed by atoms with Gasteiger partial charge in [0.25, 0.3) is 5.56 Å². The maximum atomic E-state index is 13.6. The smallest absolute Gasteiger partial charge is 0.261 e. The second-order valence-electron chi connectivity index (χ2n) is 8.48. The van der Waals surface area contributed by atoms with Gasteiger partial charge in [-0.25, -0.2) is 4.98 Å². The van der Waals surface area contributed by atoms with Crippen LogP contribution in [0.4, 0.5) is 0 Å². The third-order valence-corrected chi connectivity index (χ3v) is 6.51. The number of hydrogen-bond donors (Lipinski definition) is 0. The summed E-state index contributed by atoms with van der Waals surface area (Å²) >= 11 is 6.26. The molecule has 4 nitrogen and oxygen atoms in total.